The zero-order chi connectivity index (χ0) is 24.4. The summed E-state index contributed by atoms with van der Waals surface area (Å²) in [6, 6.07) is 18.2. The van der Waals surface area contributed by atoms with Crippen LogP contribution in [-0.2, 0) is 29.6 Å². The lowest BCUT2D eigenvalue weighted by Gasteiger charge is -2.22. The first-order chi connectivity index (χ1) is 16.4. The van der Waals surface area contributed by atoms with Crippen LogP contribution in [0.4, 0.5) is 0 Å². The van der Waals surface area contributed by atoms with E-state index >= 15 is 0 Å². The first kappa shape index (κ1) is 25.6. The highest BCUT2D eigenvalue weighted by molar-refractivity contribution is 7.87. The molecule has 0 saturated carbocycles. The molecule has 0 aliphatic carbocycles. The molecule has 0 fully saturated rings. The minimum atomic E-state index is -3.63. The van der Waals surface area contributed by atoms with Gasteiger partial charge in [0.05, 0.1) is 18.6 Å². The van der Waals surface area contributed by atoms with Crippen molar-refractivity contribution >= 4 is 16.0 Å². The average molecular weight is 484 g/mol. The number of carbonyl (C=O) groups is 1. The predicted molar refractivity (Wildman–Crippen MR) is 133 cm³/mol. The average Bonchev–Trinajstić information content (AvgIpc) is 3.35. The highest BCUT2D eigenvalue weighted by atomic mass is 32.2. The number of aryl methyl sites for hydroxylation is 1. The topological polar surface area (TPSA) is 76.8 Å². The summed E-state index contributed by atoms with van der Waals surface area (Å²) < 4.78 is 34.3. The second-order valence-corrected chi connectivity index (χ2v) is 10.2. The van der Waals surface area contributed by atoms with Crippen molar-refractivity contribution in [1.29, 1.82) is 0 Å². The first-order valence-electron chi connectivity index (χ1n) is 11.8. The van der Waals surface area contributed by atoms with Gasteiger partial charge >= 0.3 is 10.1 Å². The van der Waals surface area contributed by atoms with Gasteiger partial charge in [0.1, 0.15) is 11.5 Å². The number of benzene rings is 2. The molecule has 1 heterocycles. The van der Waals surface area contributed by atoms with Crippen LogP contribution in [0, 0.1) is 0 Å². The zero-order valence-electron chi connectivity index (χ0n) is 19.9. The normalized spacial score (nSPS) is 11.4. The Balaban J connectivity index is 1.75. The lowest BCUT2D eigenvalue weighted by molar-refractivity contribution is 0.0717. The van der Waals surface area contributed by atoms with Crippen molar-refractivity contribution in [3.05, 3.63) is 89.4 Å². The number of hydrogen-bond donors (Lipinski definition) is 0. The maximum atomic E-state index is 13.4. The minimum absolute atomic E-state index is 0.116. The summed E-state index contributed by atoms with van der Waals surface area (Å²) in [4.78, 5) is 15.1. The van der Waals surface area contributed by atoms with E-state index in [9.17, 15) is 13.2 Å². The summed E-state index contributed by atoms with van der Waals surface area (Å²) in [6.07, 6.45) is 7.42. The summed E-state index contributed by atoms with van der Waals surface area (Å²) in [5.41, 5.74) is 2.59. The Bertz CT molecular complexity index is 1140. The van der Waals surface area contributed by atoms with E-state index in [2.05, 4.69) is 6.92 Å². The van der Waals surface area contributed by atoms with Gasteiger partial charge in [0.15, 0.2) is 0 Å². The Hall–Kier alpha value is -3.06. The van der Waals surface area contributed by atoms with E-state index in [1.165, 1.54) is 31.7 Å². The van der Waals surface area contributed by atoms with Crippen LogP contribution in [0.25, 0.3) is 0 Å². The summed E-state index contributed by atoms with van der Waals surface area (Å²) >= 11 is 0. The second kappa shape index (κ2) is 12.4. The summed E-state index contributed by atoms with van der Waals surface area (Å²) in [5.74, 6) is 0.662. The third-order valence-corrected chi connectivity index (χ3v) is 6.74. The number of amides is 1. The molecule has 1 aromatic heterocycles. The Morgan fingerprint density at radius 3 is 2.38 bits per heavy atom. The van der Waals surface area contributed by atoms with Crippen molar-refractivity contribution in [2.45, 2.75) is 59.0 Å². The highest BCUT2D eigenvalue weighted by Gasteiger charge is 2.19. The lowest BCUT2D eigenvalue weighted by atomic mass is 10.0. The molecule has 0 saturated heterocycles. The number of hydrogen-bond acceptors (Lipinski definition) is 5. The molecule has 0 aliphatic heterocycles. The maximum absolute atomic E-state index is 13.4. The van der Waals surface area contributed by atoms with E-state index in [0.29, 0.717) is 17.9 Å². The Morgan fingerprint density at radius 2 is 1.71 bits per heavy atom. The molecular formula is C27H33NO5S. The molecule has 6 nitrogen and oxygen atoms in total. The molecule has 3 aromatic rings. The highest BCUT2D eigenvalue weighted by Crippen LogP contribution is 2.20. The van der Waals surface area contributed by atoms with Gasteiger partial charge in [0.2, 0.25) is 0 Å². The van der Waals surface area contributed by atoms with Gasteiger partial charge in [-0.25, -0.2) is 0 Å². The summed E-state index contributed by atoms with van der Waals surface area (Å²) in [6.45, 7) is 4.30. The standard InChI is InChI=1S/C27H33NO5S/c1-3-5-6-7-10-22-14-16-24(17-15-22)27(29)28(21-26-13-9-18-32-26)20-23-11-8-12-25(19-23)33-34(30,31)4-2/h8-9,11-19H,3-7,10,20-21H2,1-2H3. The molecule has 0 unspecified atom stereocenters. The van der Waals surface area contributed by atoms with Crippen molar-refractivity contribution in [3.63, 3.8) is 0 Å². The van der Waals surface area contributed by atoms with E-state index in [4.69, 9.17) is 8.60 Å². The van der Waals surface area contributed by atoms with E-state index in [1.54, 1.807) is 35.4 Å². The molecule has 1 amide bonds. The molecular weight excluding hydrogens is 450 g/mol. The van der Waals surface area contributed by atoms with Crippen LogP contribution in [0.15, 0.2) is 71.3 Å². The Morgan fingerprint density at radius 1 is 0.912 bits per heavy atom. The fourth-order valence-corrected chi connectivity index (χ4v) is 4.18. The van der Waals surface area contributed by atoms with Gasteiger partial charge in [-0.15, -0.1) is 0 Å². The SMILES string of the molecule is CCCCCCc1ccc(C(=O)N(Cc2cccc(OS(=O)(=O)CC)c2)Cc2ccco2)cc1. The van der Waals surface area contributed by atoms with Crippen molar-refractivity contribution in [1.82, 2.24) is 4.90 Å². The number of unbranched alkanes of at least 4 members (excludes halogenated alkanes) is 3. The molecule has 0 bridgehead atoms. The minimum Gasteiger partial charge on any atom is -0.467 e. The van der Waals surface area contributed by atoms with Crippen molar-refractivity contribution in [3.8, 4) is 5.75 Å². The van der Waals surface area contributed by atoms with E-state index in [1.807, 2.05) is 36.4 Å². The molecule has 7 heteroatoms. The fraction of sp³-hybridized carbons (Fsp3) is 0.370. The quantitative estimate of drug-likeness (QED) is 0.221. The predicted octanol–water partition coefficient (Wildman–Crippen LogP) is 5.97. The van der Waals surface area contributed by atoms with Crippen LogP contribution < -0.4 is 4.18 Å². The summed E-state index contributed by atoms with van der Waals surface area (Å²) in [5, 5.41) is 0. The van der Waals surface area contributed by atoms with Crippen LogP contribution in [-0.4, -0.2) is 25.0 Å². The van der Waals surface area contributed by atoms with Crippen LogP contribution in [0.3, 0.4) is 0 Å². The molecule has 0 radical (unpaired) electrons. The molecule has 0 atom stereocenters. The summed E-state index contributed by atoms with van der Waals surface area (Å²) in [7, 11) is -3.63. The second-order valence-electron chi connectivity index (χ2n) is 8.33. The number of furan rings is 1. The van der Waals surface area contributed by atoms with Crippen LogP contribution in [0.2, 0.25) is 0 Å². The van der Waals surface area contributed by atoms with Gasteiger partial charge in [-0.1, -0.05) is 50.5 Å². The molecule has 34 heavy (non-hydrogen) atoms. The van der Waals surface area contributed by atoms with Gasteiger partial charge in [-0.2, -0.15) is 8.42 Å². The maximum Gasteiger partial charge on any atom is 0.308 e. The van der Waals surface area contributed by atoms with E-state index in [-0.39, 0.29) is 24.0 Å². The van der Waals surface area contributed by atoms with Gasteiger partial charge < -0.3 is 13.5 Å². The molecule has 2 aromatic carbocycles. The van der Waals surface area contributed by atoms with Crippen LogP contribution in [0.1, 0.15) is 66.8 Å². The third kappa shape index (κ3) is 7.76. The molecule has 3 rings (SSSR count). The lowest BCUT2D eigenvalue weighted by Crippen LogP contribution is -2.30. The number of carbonyl (C=O) groups excluding carboxylic acids is 1. The monoisotopic (exact) mass is 483 g/mol. The van der Waals surface area contributed by atoms with Crippen LogP contribution in [0.5, 0.6) is 5.75 Å². The smallest absolute Gasteiger partial charge is 0.308 e. The first-order valence-corrected chi connectivity index (χ1v) is 13.4. The molecule has 0 aliphatic rings. The molecule has 182 valence electrons. The van der Waals surface area contributed by atoms with Gasteiger partial charge in [0, 0.05) is 12.1 Å². The largest absolute Gasteiger partial charge is 0.467 e. The van der Waals surface area contributed by atoms with E-state index in [0.717, 1.165) is 18.4 Å². The van der Waals surface area contributed by atoms with Gasteiger partial charge in [0.25, 0.3) is 5.91 Å². The van der Waals surface area contributed by atoms with Crippen molar-refractivity contribution < 1.29 is 21.8 Å². The fourth-order valence-electron chi connectivity index (χ4n) is 3.66. The van der Waals surface area contributed by atoms with Crippen molar-refractivity contribution in [2.24, 2.45) is 0 Å². The number of rotatable bonds is 13. The van der Waals surface area contributed by atoms with E-state index < -0.39 is 10.1 Å². The Labute approximate surface area is 202 Å². The third-order valence-electron chi connectivity index (χ3n) is 5.58. The molecule has 0 spiro atoms. The number of nitrogens with zero attached hydrogens (tertiary/aromatic N) is 1. The van der Waals surface area contributed by atoms with Crippen molar-refractivity contribution in [2.75, 3.05) is 5.75 Å². The molecule has 0 N–H and O–H groups in total. The zero-order valence-corrected chi connectivity index (χ0v) is 20.7. The van der Waals surface area contributed by atoms with Crippen LogP contribution >= 0.6 is 0 Å². The Kier molecular flexibility index (Phi) is 9.33. The van der Waals surface area contributed by atoms with Gasteiger partial charge in [-0.3, -0.25) is 4.79 Å². The van der Waals surface area contributed by atoms with Gasteiger partial charge in [-0.05, 0) is 67.3 Å².